The predicted molar refractivity (Wildman–Crippen MR) is 101 cm³/mol. The molecule has 0 saturated carbocycles. The molecule has 4 aromatic heterocycles. The summed E-state index contributed by atoms with van der Waals surface area (Å²) >= 11 is 3.16. The average Bonchev–Trinajstić information content (AvgIpc) is 3.35. The molecule has 0 aliphatic heterocycles. The Labute approximate surface area is 152 Å². The van der Waals surface area contributed by atoms with Crippen molar-refractivity contribution in [2.24, 2.45) is 0 Å². The summed E-state index contributed by atoms with van der Waals surface area (Å²) in [6.45, 7) is 2.93. The zero-order valence-electron chi connectivity index (χ0n) is 13.7. The SMILES string of the molecule is C[C@H]([NH2+]CCc1ccco1)c1nc2scc(-c3cccs3)c2c(=O)[nH]1. The first-order chi connectivity index (χ1) is 12.2. The van der Waals surface area contributed by atoms with Crippen molar-refractivity contribution >= 4 is 32.9 Å². The molecule has 3 N–H and O–H groups in total. The van der Waals surface area contributed by atoms with E-state index in [4.69, 9.17) is 9.40 Å². The summed E-state index contributed by atoms with van der Waals surface area (Å²) in [4.78, 5) is 22.2. The molecule has 0 amide bonds. The van der Waals surface area contributed by atoms with Crippen molar-refractivity contribution in [3.63, 3.8) is 0 Å². The van der Waals surface area contributed by atoms with Crippen molar-refractivity contribution < 1.29 is 9.73 Å². The summed E-state index contributed by atoms with van der Waals surface area (Å²) in [6.07, 6.45) is 2.54. The first-order valence-corrected chi connectivity index (χ1v) is 9.89. The Morgan fingerprint density at radius 3 is 3.00 bits per heavy atom. The van der Waals surface area contributed by atoms with E-state index in [1.54, 1.807) is 17.6 Å². The number of thiophene rings is 2. The molecule has 0 radical (unpaired) electrons. The summed E-state index contributed by atoms with van der Waals surface area (Å²) in [5.74, 6) is 1.69. The molecule has 4 rings (SSSR count). The van der Waals surface area contributed by atoms with Crippen LogP contribution >= 0.6 is 22.7 Å². The van der Waals surface area contributed by atoms with Crippen molar-refractivity contribution in [2.45, 2.75) is 19.4 Å². The van der Waals surface area contributed by atoms with Gasteiger partial charge in [0.2, 0.25) is 0 Å². The van der Waals surface area contributed by atoms with Gasteiger partial charge in [-0.15, -0.1) is 22.7 Å². The molecule has 0 unspecified atom stereocenters. The topological polar surface area (TPSA) is 75.5 Å². The highest BCUT2D eigenvalue weighted by molar-refractivity contribution is 7.18. The standard InChI is InChI=1S/C18H17N3O2S2/c1-11(19-7-6-12-4-2-8-23-12)16-20-17(22)15-13(10-25-18(15)21-16)14-5-3-9-24-14/h2-5,8-11,19H,6-7H2,1H3,(H,20,21,22)/p+1/t11-/m0/s1. The third-order valence-corrected chi connectivity index (χ3v) is 5.95. The van der Waals surface area contributed by atoms with Crippen molar-refractivity contribution in [2.75, 3.05) is 6.54 Å². The van der Waals surface area contributed by atoms with Crippen molar-refractivity contribution in [3.8, 4) is 10.4 Å². The van der Waals surface area contributed by atoms with E-state index < -0.39 is 0 Å². The van der Waals surface area contributed by atoms with Crippen molar-refractivity contribution in [1.29, 1.82) is 0 Å². The van der Waals surface area contributed by atoms with Gasteiger partial charge in [0, 0.05) is 15.8 Å². The van der Waals surface area contributed by atoms with Gasteiger partial charge < -0.3 is 14.7 Å². The first kappa shape index (κ1) is 16.3. The number of hydrogen-bond acceptors (Lipinski definition) is 5. The lowest BCUT2D eigenvalue weighted by molar-refractivity contribution is -0.693. The van der Waals surface area contributed by atoms with Crippen LogP contribution in [0, 0.1) is 0 Å². The minimum atomic E-state index is -0.0593. The van der Waals surface area contributed by atoms with Gasteiger partial charge >= 0.3 is 0 Å². The number of nitrogens with two attached hydrogens (primary N) is 1. The highest BCUT2D eigenvalue weighted by atomic mass is 32.1. The average molecular weight is 372 g/mol. The molecule has 4 heterocycles. The van der Waals surface area contributed by atoms with Crippen LogP contribution in [0.15, 0.2) is 50.5 Å². The van der Waals surface area contributed by atoms with Crippen LogP contribution in [0.4, 0.5) is 0 Å². The second-order valence-electron chi connectivity index (χ2n) is 5.90. The molecule has 5 nitrogen and oxygen atoms in total. The molecule has 0 bridgehead atoms. The number of rotatable bonds is 6. The van der Waals surface area contributed by atoms with Gasteiger partial charge in [0.25, 0.3) is 5.56 Å². The fourth-order valence-corrected chi connectivity index (χ4v) is 4.61. The Morgan fingerprint density at radius 2 is 2.24 bits per heavy atom. The van der Waals surface area contributed by atoms with Crippen LogP contribution in [0.2, 0.25) is 0 Å². The van der Waals surface area contributed by atoms with Crippen molar-refractivity contribution in [1.82, 2.24) is 9.97 Å². The molecule has 0 aliphatic carbocycles. The minimum Gasteiger partial charge on any atom is -0.469 e. The Bertz CT molecular complexity index is 1020. The van der Waals surface area contributed by atoms with Gasteiger partial charge in [0.1, 0.15) is 16.6 Å². The van der Waals surface area contributed by atoms with Crippen LogP contribution in [0.1, 0.15) is 24.6 Å². The first-order valence-electron chi connectivity index (χ1n) is 8.13. The molecule has 0 spiro atoms. The van der Waals surface area contributed by atoms with E-state index in [9.17, 15) is 4.79 Å². The fourth-order valence-electron chi connectivity index (χ4n) is 2.84. The van der Waals surface area contributed by atoms with Gasteiger partial charge in [-0.3, -0.25) is 4.79 Å². The molecule has 0 aromatic carbocycles. The molecule has 128 valence electrons. The number of furan rings is 1. The van der Waals surface area contributed by atoms with Gasteiger partial charge in [-0.1, -0.05) is 6.07 Å². The fraction of sp³-hybridized carbons (Fsp3) is 0.222. The largest absolute Gasteiger partial charge is 0.469 e. The summed E-state index contributed by atoms with van der Waals surface area (Å²) in [5.41, 5.74) is 0.917. The van der Waals surface area contributed by atoms with Crippen LogP contribution in [-0.2, 0) is 6.42 Å². The Kier molecular flexibility index (Phi) is 4.52. The molecular formula is C18H18N3O2S2+. The van der Waals surface area contributed by atoms with Gasteiger partial charge in [0.15, 0.2) is 5.82 Å². The van der Waals surface area contributed by atoms with E-state index in [-0.39, 0.29) is 11.6 Å². The third kappa shape index (κ3) is 3.30. The maximum absolute atomic E-state index is 12.6. The number of nitrogens with zero attached hydrogens (tertiary/aromatic N) is 1. The van der Waals surface area contributed by atoms with Gasteiger partial charge in [-0.2, -0.15) is 0 Å². The summed E-state index contributed by atoms with van der Waals surface area (Å²) < 4.78 is 5.35. The van der Waals surface area contributed by atoms with E-state index >= 15 is 0 Å². The number of quaternary nitrogens is 1. The van der Waals surface area contributed by atoms with E-state index in [2.05, 4.69) is 17.2 Å². The number of nitrogens with one attached hydrogen (secondary N) is 1. The summed E-state index contributed by atoms with van der Waals surface area (Å²) in [7, 11) is 0. The van der Waals surface area contributed by atoms with Gasteiger partial charge in [-0.25, -0.2) is 4.98 Å². The monoisotopic (exact) mass is 372 g/mol. The molecule has 7 heteroatoms. The highest BCUT2D eigenvalue weighted by Gasteiger charge is 2.17. The molecule has 0 aliphatic rings. The minimum absolute atomic E-state index is 0.0593. The smallest absolute Gasteiger partial charge is 0.260 e. The predicted octanol–water partition coefficient (Wildman–Crippen LogP) is 3.17. The maximum atomic E-state index is 12.6. The van der Waals surface area contributed by atoms with Crippen LogP contribution < -0.4 is 10.9 Å². The van der Waals surface area contributed by atoms with Crippen LogP contribution in [0.3, 0.4) is 0 Å². The number of H-pyrrole nitrogens is 1. The van der Waals surface area contributed by atoms with Crippen LogP contribution in [0.25, 0.3) is 20.7 Å². The van der Waals surface area contributed by atoms with E-state index in [1.807, 2.05) is 35.0 Å². The van der Waals surface area contributed by atoms with Crippen molar-refractivity contribution in [3.05, 3.63) is 63.2 Å². The molecule has 0 saturated heterocycles. The molecular weight excluding hydrogens is 354 g/mol. The molecule has 1 atom stereocenters. The van der Waals surface area contributed by atoms with Gasteiger partial charge in [-0.05, 0) is 30.5 Å². The highest BCUT2D eigenvalue weighted by Crippen LogP contribution is 2.33. The van der Waals surface area contributed by atoms with Crippen LogP contribution in [0.5, 0.6) is 0 Å². The molecule has 25 heavy (non-hydrogen) atoms. The third-order valence-electron chi connectivity index (χ3n) is 4.17. The lowest BCUT2D eigenvalue weighted by atomic mass is 10.2. The number of aromatic amines is 1. The maximum Gasteiger partial charge on any atom is 0.260 e. The van der Waals surface area contributed by atoms with E-state index in [1.165, 1.54) is 11.3 Å². The normalized spacial score (nSPS) is 12.7. The molecule has 0 fully saturated rings. The quantitative estimate of drug-likeness (QED) is 0.546. The zero-order valence-corrected chi connectivity index (χ0v) is 15.3. The number of aromatic nitrogens is 2. The Morgan fingerprint density at radius 1 is 1.32 bits per heavy atom. The number of fused-ring (bicyclic) bond motifs is 1. The van der Waals surface area contributed by atoms with E-state index in [0.717, 1.165) is 39.8 Å². The lowest BCUT2D eigenvalue weighted by Crippen LogP contribution is -2.85. The summed E-state index contributed by atoms with van der Waals surface area (Å²) in [5, 5.41) is 6.90. The zero-order chi connectivity index (χ0) is 17.2. The second kappa shape index (κ2) is 6.95. The van der Waals surface area contributed by atoms with E-state index in [0.29, 0.717) is 5.39 Å². The Hall–Kier alpha value is -2.22. The van der Waals surface area contributed by atoms with Crippen LogP contribution in [-0.4, -0.2) is 16.5 Å². The van der Waals surface area contributed by atoms with Gasteiger partial charge in [0.05, 0.1) is 24.6 Å². The lowest BCUT2D eigenvalue weighted by Gasteiger charge is -2.09. The second-order valence-corrected chi connectivity index (χ2v) is 7.71. The number of hydrogen-bond donors (Lipinski definition) is 2. The summed E-state index contributed by atoms with van der Waals surface area (Å²) in [6, 6.07) is 7.98. The molecule has 4 aromatic rings. The Balaban J connectivity index is 1.55.